The number of hydrogen-bond donors (Lipinski definition) is 2. The minimum absolute atomic E-state index is 0.309. The molecule has 0 aliphatic rings. The predicted molar refractivity (Wildman–Crippen MR) is 73.2 cm³/mol. The van der Waals surface area contributed by atoms with Crippen LogP contribution >= 0.6 is 0 Å². The van der Waals surface area contributed by atoms with Gasteiger partial charge in [0.25, 0.3) is 0 Å². The van der Waals surface area contributed by atoms with Crippen LogP contribution in [0.2, 0.25) is 0 Å². The molecule has 0 radical (unpaired) electrons. The number of phenols is 2. The molecule has 0 heterocycles. The number of aryl methyl sites for hydroxylation is 3. The summed E-state index contributed by atoms with van der Waals surface area (Å²) in [4.78, 5) is 0. The van der Waals surface area contributed by atoms with Crippen molar-refractivity contribution in [2.45, 2.75) is 27.2 Å². The van der Waals surface area contributed by atoms with Crippen molar-refractivity contribution in [3.8, 4) is 11.5 Å². The molecule has 2 nitrogen and oxygen atoms in total. The summed E-state index contributed by atoms with van der Waals surface area (Å²) in [6, 6.07) is 9.50. The van der Waals surface area contributed by atoms with Crippen LogP contribution in [0, 0.1) is 20.8 Å². The molecule has 0 bridgehead atoms. The smallest absolute Gasteiger partial charge is 0.122 e. The van der Waals surface area contributed by atoms with Crippen molar-refractivity contribution in [2.75, 3.05) is 0 Å². The minimum Gasteiger partial charge on any atom is -0.508 e. The Bertz CT molecular complexity index is 586. The molecule has 2 rings (SSSR count). The first-order valence-corrected chi connectivity index (χ1v) is 6.05. The fourth-order valence-electron chi connectivity index (χ4n) is 2.11. The second kappa shape index (κ2) is 4.73. The first-order chi connectivity index (χ1) is 8.49. The predicted octanol–water partition coefficient (Wildman–Crippen LogP) is 3.61. The Morgan fingerprint density at radius 1 is 0.833 bits per heavy atom. The maximum Gasteiger partial charge on any atom is 0.122 e. The van der Waals surface area contributed by atoms with Gasteiger partial charge >= 0.3 is 0 Å². The lowest BCUT2D eigenvalue weighted by Crippen LogP contribution is -1.95. The van der Waals surface area contributed by atoms with Gasteiger partial charge in [0.2, 0.25) is 0 Å². The molecule has 0 fully saturated rings. The summed E-state index contributed by atoms with van der Waals surface area (Å²) in [5.74, 6) is 0.685. The van der Waals surface area contributed by atoms with Crippen LogP contribution in [0.5, 0.6) is 11.5 Å². The monoisotopic (exact) mass is 242 g/mol. The number of benzene rings is 2. The number of phenolic OH excluding ortho intramolecular Hbond substituents is 2. The van der Waals surface area contributed by atoms with E-state index in [2.05, 4.69) is 0 Å². The van der Waals surface area contributed by atoms with E-state index in [0.29, 0.717) is 17.9 Å². The van der Waals surface area contributed by atoms with Gasteiger partial charge in [-0.3, -0.25) is 0 Å². The van der Waals surface area contributed by atoms with Crippen LogP contribution in [-0.2, 0) is 6.42 Å². The topological polar surface area (TPSA) is 40.5 Å². The molecule has 0 aliphatic heterocycles. The highest BCUT2D eigenvalue weighted by atomic mass is 16.3. The normalized spacial score (nSPS) is 10.6. The Hall–Kier alpha value is -1.96. The van der Waals surface area contributed by atoms with Gasteiger partial charge in [-0.25, -0.2) is 0 Å². The molecular formula is C16H18O2. The zero-order chi connectivity index (χ0) is 13.3. The van der Waals surface area contributed by atoms with Crippen LogP contribution in [0.15, 0.2) is 30.3 Å². The highest BCUT2D eigenvalue weighted by molar-refractivity contribution is 5.47. The van der Waals surface area contributed by atoms with Crippen molar-refractivity contribution in [3.05, 3.63) is 58.1 Å². The summed E-state index contributed by atoms with van der Waals surface area (Å²) in [5, 5.41) is 19.6. The highest BCUT2D eigenvalue weighted by Crippen LogP contribution is 2.28. The molecular weight excluding hydrogens is 224 g/mol. The lowest BCUT2D eigenvalue weighted by atomic mass is 9.96. The van der Waals surface area contributed by atoms with Gasteiger partial charge in [0.15, 0.2) is 0 Å². The summed E-state index contributed by atoms with van der Waals surface area (Å²) in [7, 11) is 0. The molecule has 0 unspecified atom stereocenters. The van der Waals surface area contributed by atoms with Crippen LogP contribution in [0.4, 0.5) is 0 Å². The van der Waals surface area contributed by atoms with Crippen LogP contribution in [0.1, 0.15) is 27.8 Å². The summed E-state index contributed by atoms with van der Waals surface area (Å²) in [6.07, 6.45) is 0.681. The van der Waals surface area contributed by atoms with E-state index in [0.717, 1.165) is 27.8 Å². The molecule has 2 aromatic rings. The first-order valence-electron chi connectivity index (χ1n) is 6.05. The van der Waals surface area contributed by atoms with Gasteiger partial charge in [0.05, 0.1) is 0 Å². The zero-order valence-electron chi connectivity index (χ0n) is 11.0. The van der Waals surface area contributed by atoms with Crippen LogP contribution in [0.25, 0.3) is 0 Å². The van der Waals surface area contributed by atoms with Crippen LogP contribution in [0.3, 0.4) is 0 Å². The van der Waals surface area contributed by atoms with E-state index in [4.69, 9.17) is 0 Å². The molecule has 94 valence electrons. The van der Waals surface area contributed by atoms with E-state index >= 15 is 0 Å². The summed E-state index contributed by atoms with van der Waals surface area (Å²) >= 11 is 0. The lowest BCUT2D eigenvalue weighted by Gasteiger charge is -2.11. The Labute approximate surface area is 108 Å². The average molecular weight is 242 g/mol. The van der Waals surface area contributed by atoms with Gasteiger partial charge in [-0.1, -0.05) is 24.3 Å². The van der Waals surface area contributed by atoms with Crippen molar-refractivity contribution in [2.24, 2.45) is 0 Å². The molecule has 0 spiro atoms. The van der Waals surface area contributed by atoms with Gasteiger partial charge < -0.3 is 10.2 Å². The molecule has 2 aromatic carbocycles. The SMILES string of the molecule is Cc1cc(Cc2c(C)ccc(C)c2O)ccc1O. The number of aromatic hydroxyl groups is 2. The third kappa shape index (κ3) is 2.33. The van der Waals surface area contributed by atoms with E-state index in [1.165, 1.54) is 0 Å². The molecule has 0 saturated carbocycles. The third-order valence-electron chi connectivity index (χ3n) is 3.36. The van der Waals surface area contributed by atoms with Crippen LogP contribution < -0.4 is 0 Å². The summed E-state index contributed by atoms with van der Waals surface area (Å²) in [6.45, 7) is 5.78. The molecule has 0 atom stereocenters. The van der Waals surface area contributed by atoms with E-state index in [1.54, 1.807) is 6.07 Å². The second-order valence-electron chi connectivity index (χ2n) is 4.82. The van der Waals surface area contributed by atoms with Gasteiger partial charge in [-0.15, -0.1) is 0 Å². The van der Waals surface area contributed by atoms with Crippen molar-refractivity contribution >= 4 is 0 Å². The van der Waals surface area contributed by atoms with Gasteiger partial charge in [-0.05, 0) is 49.1 Å². The van der Waals surface area contributed by atoms with Crippen molar-refractivity contribution in [1.82, 2.24) is 0 Å². The molecule has 2 heteroatoms. The largest absolute Gasteiger partial charge is 0.508 e. The Balaban J connectivity index is 2.39. The van der Waals surface area contributed by atoms with Crippen molar-refractivity contribution < 1.29 is 10.2 Å². The fourth-order valence-corrected chi connectivity index (χ4v) is 2.11. The van der Waals surface area contributed by atoms with Crippen LogP contribution in [-0.4, -0.2) is 10.2 Å². The van der Waals surface area contributed by atoms with E-state index < -0.39 is 0 Å². The molecule has 0 saturated heterocycles. The fraction of sp³-hybridized carbons (Fsp3) is 0.250. The van der Waals surface area contributed by atoms with E-state index in [9.17, 15) is 10.2 Å². The quantitative estimate of drug-likeness (QED) is 0.844. The van der Waals surface area contributed by atoms with Gasteiger partial charge in [0.1, 0.15) is 11.5 Å². The highest BCUT2D eigenvalue weighted by Gasteiger charge is 2.09. The molecule has 0 aliphatic carbocycles. The van der Waals surface area contributed by atoms with E-state index in [-0.39, 0.29) is 0 Å². The third-order valence-corrected chi connectivity index (χ3v) is 3.36. The lowest BCUT2D eigenvalue weighted by molar-refractivity contribution is 0.464. The maximum atomic E-state index is 10.1. The van der Waals surface area contributed by atoms with Crippen molar-refractivity contribution in [3.63, 3.8) is 0 Å². The Morgan fingerprint density at radius 2 is 1.50 bits per heavy atom. The maximum absolute atomic E-state index is 10.1. The standard InChI is InChI=1S/C16H18O2/c1-10-4-5-11(2)16(18)14(10)9-13-6-7-15(17)12(3)8-13/h4-8,17-18H,9H2,1-3H3. The Kier molecular flexibility index (Phi) is 3.28. The molecule has 0 aromatic heterocycles. The van der Waals surface area contributed by atoms with Gasteiger partial charge in [-0.2, -0.15) is 0 Å². The summed E-state index contributed by atoms with van der Waals surface area (Å²) in [5.41, 5.74) is 4.89. The number of rotatable bonds is 2. The zero-order valence-corrected chi connectivity index (χ0v) is 11.0. The number of hydrogen-bond acceptors (Lipinski definition) is 2. The van der Waals surface area contributed by atoms with Gasteiger partial charge in [0, 0.05) is 12.0 Å². The molecule has 0 amide bonds. The van der Waals surface area contributed by atoms with E-state index in [1.807, 2.05) is 45.0 Å². The second-order valence-corrected chi connectivity index (χ2v) is 4.82. The summed E-state index contributed by atoms with van der Waals surface area (Å²) < 4.78 is 0. The molecule has 18 heavy (non-hydrogen) atoms. The first kappa shape index (κ1) is 12.5. The average Bonchev–Trinajstić information content (AvgIpc) is 2.34. The van der Waals surface area contributed by atoms with Crippen molar-refractivity contribution in [1.29, 1.82) is 0 Å². The Morgan fingerprint density at radius 3 is 2.17 bits per heavy atom. The molecule has 2 N–H and O–H groups in total. The minimum atomic E-state index is 0.309.